The van der Waals surface area contributed by atoms with Gasteiger partial charge in [-0.05, 0) is 65.7 Å². The lowest BCUT2D eigenvalue weighted by Gasteiger charge is -2.15. The van der Waals surface area contributed by atoms with E-state index in [2.05, 4.69) is 16.0 Å². The van der Waals surface area contributed by atoms with Crippen LogP contribution in [0.2, 0.25) is 0 Å². The Morgan fingerprint density at radius 1 is 0.757 bits per heavy atom. The number of benzene rings is 4. The first kappa shape index (κ1) is 25.2. The van der Waals surface area contributed by atoms with Crippen LogP contribution in [-0.2, 0) is 9.59 Å². The Balaban J connectivity index is 1.55. The Labute approximate surface area is 214 Å². The second kappa shape index (κ2) is 11.3. The molecule has 3 N–H and O–H groups in total. The molecule has 0 aliphatic rings. The Bertz CT molecular complexity index is 1480. The molecule has 8 heteroatoms. The molecule has 0 atom stereocenters. The highest BCUT2D eigenvalue weighted by Gasteiger charge is 2.18. The van der Waals surface area contributed by atoms with Crippen molar-refractivity contribution in [3.05, 3.63) is 90.0 Å². The maximum absolute atomic E-state index is 13.3. The molecule has 3 amide bonds. The maximum atomic E-state index is 13.3. The van der Waals surface area contributed by atoms with Crippen LogP contribution in [0, 0.1) is 6.92 Å². The molecule has 0 aromatic heterocycles. The number of carbonyl (C=O) groups excluding carboxylic acids is 3. The molecule has 0 saturated carbocycles. The van der Waals surface area contributed by atoms with Gasteiger partial charge >= 0.3 is 0 Å². The fraction of sp³-hybridized carbons (Fsp3) is 0.138. The largest absolute Gasteiger partial charge is 0.495 e. The van der Waals surface area contributed by atoms with Crippen molar-refractivity contribution in [3.63, 3.8) is 0 Å². The smallest absolute Gasteiger partial charge is 0.262 e. The number of hydrogen-bond donors (Lipinski definition) is 3. The van der Waals surface area contributed by atoms with Crippen LogP contribution in [0.15, 0.2) is 78.9 Å². The molecular formula is C29H27N3O5. The molecule has 0 fully saturated rings. The van der Waals surface area contributed by atoms with Gasteiger partial charge in [-0.3, -0.25) is 14.4 Å². The summed E-state index contributed by atoms with van der Waals surface area (Å²) >= 11 is 0. The molecule has 0 heterocycles. The highest BCUT2D eigenvalue weighted by molar-refractivity contribution is 6.09. The number of anilines is 3. The first-order chi connectivity index (χ1) is 17.8. The lowest BCUT2D eigenvalue weighted by molar-refractivity contribution is -0.118. The number of rotatable bonds is 8. The van der Waals surface area contributed by atoms with Crippen molar-refractivity contribution in [1.29, 1.82) is 0 Å². The van der Waals surface area contributed by atoms with E-state index in [4.69, 9.17) is 9.47 Å². The van der Waals surface area contributed by atoms with Crippen LogP contribution in [0.5, 0.6) is 11.5 Å². The summed E-state index contributed by atoms with van der Waals surface area (Å²) in [5, 5.41) is 10.0. The minimum absolute atomic E-state index is 0.211. The number of methoxy groups -OCH3 is 1. The molecule has 0 unspecified atom stereocenters. The summed E-state index contributed by atoms with van der Waals surface area (Å²) in [5.74, 6) is -0.224. The van der Waals surface area contributed by atoms with Gasteiger partial charge in [0.15, 0.2) is 6.61 Å². The van der Waals surface area contributed by atoms with Crippen molar-refractivity contribution in [2.75, 3.05) is 29.7 Å². The Hall–Kier alpha value is -4.85. The zero-order chi connectivity index (χ0) is 26.4. The summed E-state index contributed by atoms with van der Waals surface area (Å²) in [7, 11) is 1.54. The summed E-state index contributed by atoms with van der Waals surface area (Å²) in [6, 6.07) is 23.3. The van der Waals surface area contributed by atoms with Crippen LogP contribution in [0.25, 0.3) is 10.8 Å². The molecule has 4 rings (SSSR count). The zero-order valence-electron chi connectivity index (χ0n) is 20.8. The van der Waals surface area contributed by atoms with Crippen molar-refractivity contribution in [2.24, 2.45) is 0 Å². The quantitative estimate of drug-likeness (QED) is 0.303. The summed E-state index contributed by atoms with van der Waals surface area (Å²) in [5.41, 5.74) is 2.84. The van der Waals surface area contributed by atoms with Crippen molar-refractivity contribution in [1.82, 2.24) is 0 Å². The minimum atomic E-state index is -0.417. The van der Waals surface area contributed by atoms with Gasteiger partial charge in [-0.25, -0.2) is 0 Å². The van der Waals surface area contributed by atoms with E-state index < -0.39 is 11.8 Å². The first-order valence-electron chi connectivity index (χ1n) is 11.6. The van der Waals surface area contributed by atoms with E-state index in [1.54, 1.807) is 42.5 Å². The van der Waals surface area contributed by atoms with Gasteiger partial charge in [-0.15, -0.1) is 0 Å². The fourth-order valence-corrected chi connectivity index (χ4v) is 3.84. The predicted octanol–water partition coefficient (Wildman–Crippen LogP) is 5.39. The molecule has 0 aliphatic carbocycles. The average molecular weight is 498 g/mol. The molecule has 4 aromatic carbocycles. The fourth-order valence-electron chi connectivity index (χ4n) is 3.84. The van der Waals surface area contributed by atoms with E-state index in [0.717, 1.165) is 16.3 Å². The number of carbonyl (C=O) groups is 3. The van der Waals surface area contributed by atoms with Crippen molar-refractivity contribution in [3.8, 4) is 11.5 Å². The van der Waals surface area contributed by atoms with Gasteiger partial charge in [-0.2, -0.15) is 0 Å². The molecule has 0 radical (unpaired) electrons. The second-order valence-corrected chi connectivity index (χ2v) is 8.45. The van der Waals surface area contributed by atoms with Crippen LogP contribution in [-0.4, -0.2) is 31.4 Å². The van der Waals surface area contributed by atoms with Gasteiger partial charge < -0.3 is 25.4 Å². The van der Waals surface area contributed by atoms with Crippen molar-refractivity contribution < 1.29 is 23.9 Å². The van der Waals surface area contributed by atoms with E-state index in [1.807, 2.05) is 43.3 Å². The molecule has 37 heavy (non-hydrogen) atoms. The number of aryl methyl sites for hydroxylation is 1. The zero-order valence-corrected chi connectivity index (χ0v) is 20.8. The number of fused-ring (bicyclic) bond motifs is 1. The molecule has 8 nitrogen and oxygen atoms in total. The molecule has 0 aliphatic heterocycles. The van der Waals surface area contributed by atoms with Crippen LogP contribution >= 0.6 is 0 Å². The molecular weight excluding hydrogens is 470 g/mol. The monoisotopic (exact) mass is 497 g/mol. The van der Waals surface area contributed by atoms with Crippen LogP contribution < -0.4 is 25.4 Å². The number of hydrogen-bond acceptors (Lipinski definition) is 5. The highest BCUT2D eigenvalue weighted by Crippen LogP contribution is 2.30. The van der Waals surface area contributed by atoms with Crippen LogP contribution in [0.4, 0.5) is 17.1 Å². The van der Waals surface area contributed by atoms with E-state index in [0.29, 0.717) is 22.8 Å². The lowest BCUT2D eigenvalue weighted by atomic mass is 10.0. The normalized spacial score (nSPS) is 10.5. The standard InChI is InChI=1S/C29H27N3O5/c1-18-11-12-26(36-3)25(13-18)32-29(35)24-14-20-7-4-5-8-21(20)15-27(24)37-17-28(34)31-23-10-6-9-22(16-23)30-19(2)33/h4-16H,17H2,1-3H3,(H,30,33)(H,31,34)(H,32,35). The summed E-state index contributed by atoms with van der Waals surface area (Å²) < 4.78 is 11.2. The van der Waals surface area contributed by atoms with Gasteiger partial charge in [0.1, 0.15) is 11.5 Å². The van der Waals surface area contributed by atoms with Gasteiger partial charge in [0.2, 0.25) is 5.91 Å². The highest BCUT2D eigenvalue weighted by atomic mass is 16.5. The Morgan fingerprint density at radius 3 is 2.16 bits per heavy atom. The molecule has 0 saturated heterocycles. The average Bonchev–Trinajstić information content (AvgIpc) is 2.87. The topological polar surface area (TPSA) is 106 Å². The lowest BCUT2D eigenvalue weighted by Crippen LogP contribution is -2.22. The van der Waals surface area contributed by atoms with Gasteiger partial charge in [0.05, 0.1) is 18.4 Å². The van der Waals surface area contributed by atoms with Crippen molar-refractivity contribution >= 4 is 45.6 Å². The van der Waals surface area contributed by atoms with E-state index in [-0.39, 0.29) is 23.8 Å². The Kier molecular flexibility index (Phi) is 7.68. The predicted molar refractivity (Wildman–Crippen MR) is 145 cm³/mol. The minimum Gasteiger partial charge on any atom is -0.495 e. The number of ether oxygens (including phenoxy) is 2. The summed E-state index contributed by atoms with van der Waals surface area (Å²) in [6.07, 6.45) is 0. The summed E-state index contributed by atoms with van der Waals surface area (Å²) in [6.45, 7) is 3.01. The Morgan fingerprint density at radius 2 is 1.46 bits per heavy atom. The third-order valence-electron chi connectivity index (χ3n) is 5.52. The van der Waals surface area contributed by atoms with Crippen LogP contribution in [0.1, 0.15) is 22.8 Å². The van der Waals surface area contributed by atoms with E-state index >= 15 is 0 Å². The van der Waals surface area contributed by atoms with Crippen LogP contribution in [0.3, 0.4) is 0 Å². The number of nitrogens with one attached hydrogen (secondary N) is 3. The molecule has 4 aromatic rings. The maximum Gasteiger partial charge on any atom is 0.262 e. The van der Waals surface area contributed by atoms with E-state index in [1.165, 1.54) is 14.0 Å². The van der Waals surface area contributed by atoms with E-state index in [9.17, 15) is 14.4 Å². The van der Waals surface area contributed by atoms with Crippen molar-refractivity contribution in [2.45, 2.75) is 13.8 Å². The molecule has 188 valence electrons. The summed E-state index contributed by atoms with van der Waals surface area (Å²) in [4.78, 5) is 37.3. The third-order valence-corrected chi connectivity index (χ3v) is 5.52. The van der Waals surface area contributed by atoms with Gasteiger partial charge in [0, 0.05) is 18.3 Å². The SMILES string of the molecule is COc1ccc(C)cc1NC(=O)c1cc2ccccc2cc1OCC(=O)Nc1cccc(NC(C)=O)c1. The number of amides is 3. The molecule has 0 bridgehead atoms. The first-order valence-corrected chi connectivity index (χ1v) is 11.6. The third kappa shape index (κ3) is 6.43. The van der Waals surface area contributed by atoms with Gasteiger partial charge in [0.25, 0.3) is 11.8 Å². The molecule has 0 spiro atoms. The van der Waals surface area contributed by atoms with Gasteiger partial charge in [-0.1, -0.05) is 36.4 Å². The second-order valence-electron chi connectivity index (χ2n) is 8.45.